The molecule has 34 heavy (non-hydrogen) atoms. The van der Waals surface area contributed by atoms with Crippen LogP contribution in [0.1, 0.15) is 57.5 Å². The molecule has 3 aliphatic rings. The van der Waals surface area contributed by atoms with Crippen molar-refractivity contribution in [2.24, 2.45) is 17.8 Å². The van der Waals surface area contributed by atoms with Gasteiger partial charge in [0.1, 0.15) is 18.1 Å². The molecule has 8 nitrogen and oxygen atoms in total. The highest BCUT2D eigenvalue weighted by Crippen LogP contribution is 2.50. The van der Waals surface area contributed by atoms with Gasteiger partial charge in [0.25, 0.3) is 0 Å². The van der Waals surface area contributed by atoms with E-state index in [-0.39, 0.29) is 37.3 Å². The van der Waals surface area contributed by atoms with Crippen LogP contribution in [0.15, 0.2) is 33.3 Å². The number of rotatable bonds is 9. The molecule has 2 fully saturated rings. The Hall–Kier alpha value is -2.20. The number of allylic oxidation sites excluding steroid dienone is 1. The van der Waals surface area contributed by atoms with Gasteiger partial charge in [-0.25, -0.2) is 0 Å². The molecule has 0 saturated carbocycles. The SMILES string of the molecule is CCCN1C(=O)[C@@H]2[C@@H](CC(CO)=C3[C@@H](CC/C(=C/c4ccc(CO)o4)CC)OB(O)C[C@@H]32)C1=O. The number of imide groups is 1. The largest absolute Gasteiger partial charge is 0.459 e. The van der Waals surface area contributed by atoms with Crippen molar-refractivity contribution in [3.05, 3.63) is 40.4 Å². The molecule has 0 radical (unpaired) electrons. The van der Waals surface area contributed by atoms with Crippen molar-refractivity contribution >= 4 is 25.0 Å². The first-order chi connectivity index (χ1) is 16.4. The number of fused-ring (bicyclic) bond motifs is 3. The third-order valence-corrected chi connectivity index (χ3v) is 7.40. The number of carbonyl (C=O) groups is 2. The quantitative estimate of drug-likeness (QED) is 0.288. The third kappa shape index (κ3) is 4.67. The van der Waals surface area contributed by atoms with Crippen LogP contribution in [0.25, 0.3) is 6.08 Å². The second-order valence-corrected chi connectivity index (χ2v) is 9.46. The minimum absolute atomic E-state index is 0.151. The molecule has 2 amide bonds. The highest BCUT2D eigenvalue weighted by atomic mass is 16.5. The maximum atomic E-state index is 13.2. The Bertz CT molecular complexity index is 984. The van der Waals surface area contributed by atoms with Crippen LogP contribution < -0.4 is 0 Å². The summed E-state index contributed by atoms with van der Waals surface area (Å²) in [6, 6.07) is 3.55. The number of amides is 2. The van der Waals surface area contributed by atoms with E-state index in [1.165, 1.54) is 4.90 Å². The summed E-state index contributed by atoms with van der Waals surface area (Å²) in [5.41, 5.74) is 2.79. The minimum atomic E-state index is -1.02. The van der Waals surface area contributed by atoms with Gasteiger partial charge in [0, 0.05) is 6.54 Å². The molecule has 3 N–H and O–H groups in total. The van der Waals surface area contributed by atoms with Gasteiger partial charge >= 0.3 is 7.12 Å². The normalized spacial score (nSPS) is 27.5. The van der Waals surface area contributed by atoms with Crippen LogP contribution >= 0.6 is 0 Å². The maximum absolute atomic E-state index is 13.2. The van der Waals surface area contributed by atoms with Gasteiger partial charge in [-0.15, -0.1) is 0 Å². The first-order valence-electron chi connectivity index (χ1n) is 12.3. The highest BCUT2D eigenvalue weighted by molar-refractivity contribution is 6.43. The molecule has 4 atom stereocenters. The molecule has 0 unspecified atom stereocenters. The molecule has 0 bridgehead atoms. The molecular weight excluding hydrogens is 437 g/mol. The molecule has 2 aliphatic heterocycles. The summed E-state index contributed by atoms with van der Waals surface area (Å²) >= 11 is 0. The van der Waals surface area contributed by atoms with Crippen molar-refractivity contribution in [1.29, 1.82) is 0 Å². The summed E-state index contributed by atoms with van der Waals surface area (Å²) in [6.45, 7) is 4.05. The fourth-order valence-electron chi connectivity index (χ4n) is 5.85. The summed E-state index contributed by atoms with van der Waals surface area (Å²) < 4.78 is 11.5. The van der Waals surface area contributed by atoms with Crippen molar-refractivity contribution in [1.82, 2.24) is 4.90 Å². The van der Waals surface area contributed by atoms with Crippen LogP contribution in [0.3, 0.4) is 0 Å². The van der Waals surface area contributed by atoms with E-state index in [1.807, 2.05) is 19.1 Å². The summed E-state index contributed by atoms with van der Waals surface area (Å²) in [7, 11) is -1.02. The molecule has 3 heterocycles. The average molecular weight is 471 g/mol. The standard InChI is InChI=1S/C25H34BNO7/c1-3-9-27-24(30)19-11-16(13-28)22-20(23(19)25(27)31)12-26(32)34-21(22)8-5-15(4-2)10-17-6-7-18(14-29)33-17/h6-7,10,19-21,23,28-29,32H,3-5,8-9,11-14H2,1-2H3/b15-10+/t19-,20+,21-,23-/m1/s1. The van der Waals surface area contributed by atoms with E-state index >= 15 is 0 Å². The average Bonchev–Trinajstić information content (AvgIpc) is 3.39. The van der Waals surface area contributed by atoms with Crippen molar-refractivity contribution in [3.63, 3.8) is 0 Å². The Morgan fingerprint density at radius 1 is 1.18 bits per heavy atom. The van der Waals surface area contributed by atoms with Crippen LogP contribution in [0.5, 0.6) is 0 Å². The van der Waals surface area contributed by atoms with E-state index in [0.717, 1.165) is 23.1 Å². The lowest BCUT2D eigenvalue weighted by atomic mass is 9.58. The molecule has 0 aromatic carbocycles. The first kappa shape index (κ1) is 24.9. The van der Waals surface area contributed by atoms with Crippen molar-refractivity contribution in [3.8, 4) is 0 Å². The van der Waals surface area contributed by atoms with Gasteiger partial charge in [0.05, 0.1) is 24.5 Å². The molecule has 184 valence electrons. The molecule has 9 heteroatoms. The molecule has 1 aliphatic carbocycles. The lowest BCUT2D eigenvalue weighted by Crippen LogP contribution is -2.46. The number of aliphatic hydroxyl groups excluding tert-OH is 2. The van der Waals surface area contributed by atoms with Gasteiger partial charge in [-0.05, 0) is 73.7 Å². The molecular formula is C25H34BNO7. The molecule has 1 aromatic rings. The molecule has 4 rings (SSSR count). The monoisotopic (exact) mass is 471 g/mol. The smallest absolute Gasteiger partial charge is 0.455 e. The number of furan rings is 1. The van der Waals surface area contributed by atoms with Gasteiger partial charge in [-0.3, -0.25) is 14.5 Å². The van der Waals surface area contributed by atoms with Crippen LogP contribution in [0, 0.1) is 17.8 Å². The fraction of sp³-hybridized carbons (Fsp3) is 0.600. The summed E-state index contributed by atoms with van der Waals surface area (Å²) in [5.74, 6) is -0.402. The van der Waals surface area contributed by atoms with E-state index in [2.05, 4.69) is 6.92 Å². The predicted molar refractivity (Wildman–Crippen MR) is 126 cm³/mol. The maximum Gasteiger partial charge on any atom is 0.455 e. The summed E-state index contributed by atoms with van der Waals surface area (Å²) in [6.07, 6.45) is 4.89. The van der Waals surface area contributed by atoms with Crippen LogP contribution in [0.4, 0.5) is 0 Å². The van der Waals surface area contributed by atoms with Gasteiger partial charge in [-0.1, -0.05) is 19.4 Å². The van der Waals surface area contributed by atoms with Gasteiger partial charge in [0.2, 0.25) is 11.8 Å². The molecule has 0 spiro atoms. The highest BCUT2D eigenvalue weighted by Gasteiger charge is 2.56. The zero-order valence-corrected chi connectivity index (χ0v) is 19.9. The Kier molecular flexibility index (Phi) is 7.77. The van der Waals surface area contributed by atoms with E-state index in [9.17, 15) is 24.8 Å². The Labute approximate surface area is 200 Å². The lowest BCUT2D eigenvalue weighted by molar-refractivity contribution is -0.140. The van der Waals surface area contributed by atoms with Crippen LogP contribution in [0.2, 0.25) is 6.32 Å². The third-order valence-electron chi connectivity index (χ3n) is 7.40. The van der Waals surface area contributed by atoms with Crippen LogP contribution in [-0.4, -0.2) is 58.3 Å². The van der Waals surface area contributed by atoms with Crippen molar-refractivity contribution in [2.75, 3.05) is 13.2 Å². The predicted octanol–water partition coefficient (Wildman–Crippen LogP) is 2.54. The number of carbonyl (C=O) groups excluding carboxylic acids is 2. The summed E-state index contributed by atoms with van der Waals surface area (Å²) in [5, 5.41) is 29.9. The Balaban J connectivity index is 1.57. The second kappa shape index (κ2) is 10.6. The van der Waals surface area contributed by atoms with Crippen LogP contribution in [-0.2, 0) is 20.9 Å². The lowest BCUT2D eigenvalue weighted by Gasteiger charge is -2.43. The van der Waals surface area contributed by atoms with Crippen molar-refractivity contribution < 1.29 is 33.9 Å². The zero-order valence-electron chi connectivity index (χ0n) is 19.9. The van der Waals surface area contributed by atoms with E-state index < -0.39 is 25.1 Å². The molecule has 2 saturated heterocycles. The number of hydrogen-bond acceptors (Lipinski definition) is 7. The van der Waals surface area contributed by atoms with E-state index in [0.29, 0.717) is 43.7 Å². The van der Waals surface area contributed by atoms with Gasteiger partial charge < -0.3 is 24.3 Å². The Morgan fingerprint density at radius 2 is 1.97 bits per heavy atom. The van der Waals surface area contributed by atoms with E-state index in [1.54, 1.807) is 6.07 Å². The number of likely N-dealkylation sites (tertiary alicyclic amines) is 1. The minimum Gasteiger partial charge on any atom is -0.459 e. The van der Waals surface area contributed by atoms with Gasteiger partial charge in [0.15, 0.2) is 0 Å². The first-order valence-corrected chi connectivity index (χ1v) is 12.3. The van der Waals surface area contributed by atoms with Crippen molar-refractivity contribution in [2.45, 2.75) is 65.0 Å². The van der Waals surface area contributed by atoms with E-state index in [4.69, 9.17) is 9.07 Å². The number of hydrogen-bond donors (Lipinski definition) is 3. The number of aliphatic hydroxyl groups is 2. The van der Waals surface area contributed by atoms with Gasteiger partial charge in [-0.2, -0.15) is 0 Å². The molecule has 1 aromatic heterocycles. The number of nitrogens with zero attached hydrogens (tertiary/aromatic N) is 1. The summed E-state index contributed by atoms with van der Waals surface area (Å²) in [4.78, 5) is 27.5. The fourth-order valence-corrected chi connectivity index (χ4v) is 5.85. The zero-order chi connectivity index (χ0) is 24.4. The second-order valence-electron chi connectivity index (χ2n) is 9.46. The topological polar surface area (TPSA) is 120 Å². The Morgan fingerprint density at radius 3 is 2.62 bits per heavy atom.